The summed E-state index contributed by atoms with van der Waals surface area (Å²) in [7, 11) is -4.05. The van der Waals surface area contributed by atoms with Gasteiger partial charge in [-0.2, -0.15) is 0 Å². The number of rotatable bonds is 3. The molecule has 0 aromatic heterocycles. The molecule has 0 aliphatic carbocycles. The monoisotopic (exact) mass is 414 g/mol. The van der Waals surface area contributed by atoms with E-state index >= 15 is 0 Å². The predicted molar refractivity (Wildman–Crippen MR) is 90.1 cm³/mol. The third-order valence-corrected chi connectivity index (χ3v) is 5.08. The van der Waals surface area contributed by atoms with Crippen molar-refractivity contribution in [2.45, 2.75) is 11.3 Å². The number of hydrogen-bond acceptors (Lipinski definition) is 4. The predicted octanol–water partition coefficient (Wildman–Crippen LogP) is 3.11. The molecule has 0 spiro atoms. The highest BCUT2D eigenvalue weighted by Crippen LogP contribution is 2.38. The summed E-state index contributed by atoms with van der Waals surface area (Å²) in [6.07, 6.45) is 0.114. The summed E-state index contributed by atoms with van der Waals surface area (Å²) in [5, 5.41) is 2.60. The van der Waals surface area contributed by atoms with E-state index in [0.717, 1.165) is 6.07 Å². The number of anilines is 2. The van der Waals surface area contributed by atoms with Crippen molar-refractivity contribution < 1.29 is 22.3 Å². The van der Waals surface area contributed by atoms with Gasteiger partial charge in [0.15, 0.2) is 5.75 Å². The fraction of sp³-hybridized carbons (Fsp3) is 0.133. The minimum absolute atomic E-state index is 0.0490. The first-order valence-corrected chi connectivity index (χ1v) is 9.17. The second kappa shape index (κ2) is 6.40. The number of nitrogens with one attached hydrogen (secondary N) is 2. The van der Waals surface area contributed by atoms with E-state index in [1.807, 2.05) is 0 Å². The zero-order valence-corrected chi connectivity index (χ0v) is 14.6. The highest BCUT2D eigenvalue weighted by Gasteiger charge is 2.26. The molecule has 1 amide bonds. The number of halogens is 2. The zero-order chi connectivity index (χ0) is 17.3. The second-order valence-corrected chi connectivity index (χ2v) is 7.61. The molecule has 6 nitrogen and oxygen atoms in total. The molecular weight excluding hydrogens is 403 g/mol. The van der Waals surface area contributed by atoms with Crippen LogP contribution in [0.3, 0.4) is 0 Å². The molecule has 9 heteroatoms. The Kier molecular flexibility index (Phi) is 4.46. The molecule has 0 atom stereocenters. The molecule has 0 saturated carbocycles. The van der Waals surface area contributed by atoms with E-state index in [4.69, 9.17) is 4.74 Å². The molecule has 2 aromatic carbocycles. The number of carbonyl (C=O) groups excluding carboxylic acids is 1. The molecule has 1 aliphatic rings. The molecule has 0 bridgehead atoms. The van der Waals surface area contributed by atoms with Gasteiger partial charge in [-0.3, -0.25) is 9.52 Å². The Morgan fingerprint density at radius 1 is 1.25 bits per heavy atom. The Balaban J connectivity index is 2.06. The first-order valence-electron chi connectivity index (χ1n) is 6.90. The van der Waals surface area contributed by atoms with Crippen LogP contribution >= 0.6 is 15.9 Å². The van der Waals surface area contributed by atoms with Gasteiger partial charge in [-0.05, 0) is 30.3 Å². The van der Waals surface area contributed by atoms with E-state index in [0.29, 0.717) is 4.47 Å². The van der Waals surface area contributed by atoms with Crippen molar-refractivity contribution >= 4 is 43.2 Å². The standard InChI is InChI=1S/C15H12BrFN2O4S/c16-9-6-12-15(23-5-4-14(20)18-12)13(7-9)24(21,22)19-11-3-1-2-10(17)8-11/h1-3,6-8,19H,4-5H2,(H,18,20). The number of benzene rings is 2. The van der Waals surface area contributed by atoms with Crippen LogP contribution in [0, 0.1) is 5.82 Å². The Morgan fingerprint density at radius 3 is 2.79 bits per heavy atom. The summed E-state index contributed by atoms with van der Waals surface area (Å²) in [6.45, 7) is 0.0585. The molecule has 0 fully saturated rings. The first kappa shape index (κ1) is 16.7. The van der Waals surface area contributed by atoms with E-state index in [1.165, 1.54) is 24.3 Å². The van der Waals surface area contributed by atoms with Gasteiger partial charge in [0.05, 0.1) is 24.4 Å². The van der Waals surface area contributed by atoms with Crippen molar-refractivity contribution in [2.75, 3.05) is 16.6 Å². The lowest BCUT2D eigenvalue weighted by Gasteiger charge is -2.15. The minimum Gasteiger partial charge on any atom is -0.489 e. The van der Waals surface area contributed by atoms with Crippen LogP contribution in [-0.4, -0.2) is 20.9 Å². The summed E-state index contributed by atoms with van der Waals surface area (Å²) in [5.41, 5.74) is 0.341. The average molecular weight is 415 g/mol. The van der Waals surface area contributed by atoms with Crippen molar-refractivity contribution in [3.05, 3.63) is 46.7 Å². The van der Waals surface area contributed by atoms with Gasteiger partial charge in [-0.1, -0.05) is 22.0 Å². The topological polar surface area (TPSA) is 84.5 Å². The molecule has 126 valence electrons. The minimum atomic E-state index is -4.05. The summed E-state index contributed by atoms with van der Waals surface area (Å²) >= 11 is 3.22. The number of ether oxygens (including phenoxy) is 1. The summed E-state index contributed by atoms with van der Waals surface area (Å²) in [4.78, 5) is 11.5. The van der Waals surface area contributed by atoms with Crippen molar-refractivity contribution in [2.24, 2.45) is 0 Å². The molecular formula is C15H12BrFN2O4S. The van der Waals surface area contributed by atoms with Crippen molar-refractivity contribution in [3.8, 4) is 5.75 Å². The van der Waals surface area contributed by atoms with Gasteiger partial charge in [0.25, 0.3) is 10.0 Å². The molecule has 24 heavy (non-hydrogen) atoms. The van der Waals surface area contributed by atoms with Crippen LogP contribution in [0.4, 0.5) is 15.8 Å². The van der Waals surface area contributed by atoms with Crippen molar-refractivity contribution in [3.63, 3.8) is 0 Å². The molecule has 2 aromatic rings. The fourth-order valence-corrected chi connectivity index (χ4v) is 4.08. The maximum absolute atomic E-state index is 13.3. The van der Waals surface area contributed by atoms with Crippen molar-refractivity contribution in [1.82, 2.24) is 0 Å². The molecule has 0 unspecified atom stereocenters. The van der Waals surface area contributed by atoms with E-state index in [9.17, 15) is 17.6 Å². The van der Waals surface area contributed by atoms with Crippen LogP contribution in [0.25, 0.3) is 0 Å². The fourth-order valence-electron chi connectivity index (χ4n) is 2.23. The van der Waals surface area contributed by atoms with Gasteiger partial charge < -0.3 is 10.1 Å². The molecule has 1 heterocycles. The Morgan fingerprint density at radius 2 is 2.04 bits per heavy atom. The van der Waals surface area contributed by atoms with Gasteiger partial charge in [0, 0.05) is 4.47 Å². The quantitative estimate of drug-likeness (QED) is 0.807. The maximum Gasteiger partial charge on any atom is 0.265 e. The highest BCUT2D eigenvalue weighted by atomic mass is 79.9. The van der Waals surface area contributed by atoms with Crippen molar-refractivity contribution in [1.29, 1.82) is 0 Å². The highest BCUT2D eigenvalue weighted by molar-refractivity contribution is 9.10. The summed E-state index contributed by atoms with van der Waals surface area (Å²) < 4.78 is 46.8. The van der Waals surface area contributed by atoms with Gasteiger partial charge in [0.2, 0.25) is 5.91 Å². The molecule has 2 N–H and O–H groups in total. The number of amides is 1. The third-order valence-electron chi connectivity index (χ3n) is 3.24. The van der Waals surface area contributed by atoms with E-state index in [-0.39, 0.29) is 41.0 Å². The lowest BCUT2D eigenvalue weighted by atomic mass is 10.3. The maximum atomic E-state index is 13.3. The van der Waals surface area contributed by atoms with E-state index < -0.39 is 15.8 Å². The van der Waals surface area contributed by atoms with Crippen LogP contribution in [0.15, 0.2) is 45.8 Å². The Labute approximate surface area is 146 Å². The van der Waals surface area contributed by atoms with Crippen LogP contribution in [-0.2, 0) is 14.8 Å². The molecule has 0 saturated heterocycles. The van der Waals surface area contributed by atoms with Gasteiger partial charge in [-0.15, -0.1) is 0 Å². The zero-order valence-electron chi connectivity index (χ0n) is 12.2. The second-order valence-electron chi connectivity index (χ2n) is 5.04. The number of sulfonamides is 1. The number of fused-ring (bicyclic) bond motifs is 1. The van der Waals surface area contributed by atoms with Gasteiger partial charge in [0.1, 0.15) is 10.7 Å². The van der Waals surface area contributed by atoms with Gasteiger partial charge in [-0.25, -0.2) is 12.8 Å². The average Bonchev–Trinajstić information content (AvgIpc) is 2.66. The van der Waals surface area contributed by atoms with Crippen LogP contribution < -0.4 is 14.8 Å². The first-order chi connectivity index (χ1) is 11.3. The largest absolute Gasteiger partial charge is 0.489 e. The number of hydrogen-bond donors (Lipinski definition) is 2. The third kappa shape index (κ3) is 3.51. The van der Waals surface area contributed by atoms with E-state index in [2.05, 4.69) is 26.0 Å². The lowest BCUT2D eigenvalue weighted by Crippen LogP contribution is -2.15. The van der Waals surface area contributed by atoms with Crippen LogP contribution in [0.5, 0.6) is 5.75 Å². The van der Waals surface area contributed by atoms with E-state index in [1.54, 1.807) is 6.07 Å². The van der Waals surface area contributed by atoms with Crippen LogP contribution in [0.1, 0.15) is 6.42 Å². The van der Waals surface area contributed by atoms with Crippen LogP contribution in [0.2, 0.25) is 0 Å². The SMILES string of the molecule is O=C1CCOc2c(cc(Br)cc2S(=O)(=O)Nc2cccc(F)c2)N1. The molecule has 0 radical (unpaired) electrons. The Bertz CT molecular complexity index is 918. The number of carbonyl (C=O) groups is 1. The molecule has 3 rings (SSSR count). The smallest absolute Gasteiger partial charge is 0.265 e. The Hall–Kier alpha value is -2.13. The summed E-state index contributed by atoms with van der Waals surface area (Å²) in [5.74, 6) is -0.784. The molecule has 1 aliphatic heterocycles. The summed E-state index contributed by atoms with van der Waals surface area (Å²) in [6, 6.07) is 8.02. The lowest BCUT2D eigenvalue weighted by molar-refractivity contribution is -0.116. The normalized spacial score (nSPS) is 14.2. The van der Waals surface area contributed by atoms with Gasteiger partial charge >= 0.3 is 0 Å².